The van der Waals surface area contributed by atoms with Crippen molar-refractivity contribution in [3.63, 3.8) is 0 Å². The topological polar surface area (TPSA) is 20.7 Å². The predicted octanol–water partition coefficient (Wildman–Crippen LogP) is 9.60. The standard InChI is InChI=1S/C35H30N2/c1-3-7-24-11-19-35-31(21-24)30-20-23(4-2)10-18-34(30)37(35)27-15-12-25(13-16-27)26-14-17-33-29(22-26)28-8-5-6-9-32(28)36-33/h5-6,8-22,36H,3-4,7H2,1-2H3. The zero-order chi connectivity index (χ0) is 24.9. The number of H-pyrrole nitrogens is 1. The van der Waals surface area contributed by atoms with Gasteiger partial charge in [0.15, 0.2) is 0 Å². The SMILES string of the molecule is CCCc1ccc2c(c1)c1cc(CC)ccc1n2-c1ccc(-c2ccc3[nH]c4ccccc4c3c2)cc1. The second-order valence-corrected chi connectivity index (χ2v) is 10.1. The number of fused-ring (bicyclic) bond motifs is 6. The van der Waals surface area contributed by atoms with Crippen LogP contribution in [0, 0.1) is 0 Å². The second kappa shape index (κ2) is 8.67. The van der Waals surface area contributed by atoms with Crippen LogP contribution in [0.5, 0.6) is 0 Å². The van der Waals surface area contributed by atoms with Crippen LogP contribution in [0.2, 0.25) is 0 Å². The molecule has 0 aliphatic carbocycles. The van der Waals surface area contributed by atoms with Crippen LogP contribution in [0.15, 0.2) is 103 Å². The lowest BCUT2D eigenvalue weighted by Gasteiger charge is -2.10. The van der Waals surface area contributed by atoms with Gasteiger partial charge in [0.25, 0.3) is 0 Å². The molecule has 2 heterocycles. The highest BCUT2D eigenvalue weighted by molar-refractivity contribution is 6.10. The lowest BCUT2D eigenvalue weighted by Crippen LogP contribution is -1.94. The molecule has 2 nitrogen and oxygen atoms in total. The Balaban J connectivity index is 1.36. The number of nitrogens with zero attached hydrogens (tertiary/aromatic N) is 1. The average molecular weight is 479 g/mol. The molecule has 5 aromatic carbocycles. The highest BCUT2D eigenvalue weighted by Gasteiger charge is 2.14. The number of benzene rings is 5. The van der Waals surface area contributed by atoms with Gasteiger partial charge in [0, 0.05) is 38.3 Å². The van der Waals surface area contributed by atoms with E-state index in [2.05, 4.69) is 127 Å². The molecule has 0 spiro atoms. The Bertz CT molecular complexity index is 1920. The van der Waals surface area contributed by atoms with Crippen LogP contribution in [0.4, 0.5) is 0 Å². The predicted molar refractivity (Wildman–Crippen MR) is 159 cm³/mol. The van der Waals surface area contributed by atoms with Gasteiger partial charge in [-0.15, -0.1) is 0 Å². The highest BCUT2D eigenvalue weighted by atomic mass is 15.0. The minimum atomic E-state index is 1.05. The van der Waals surface area contributed by atoms with Gasteiger partial charge < -0.3 is 9.55 Å². The van der Waals surface area contributed by atoms with E-state index in [0.717, 1.165) is 19.3 Å². The number of aromatic amines is 1. The Hall–Kier alpha value is -4.30. The van der Waals surface area contributed by atoms with Gasteiger partial charge in [-0.25, -0.2) is 0 Å². The Kier molecular flexibility index (Phi) is 5.14. The number of rotatable bonds is 5. The van der Waals surface area contributed by atoms with Crippen molar-refractivity contribution in [3.05, 3.63) is 114 Å². The molecule has 0 saturated heterocycles. The zero-order valence-electron chi connectivity index (χ0n) is 21.4. The maximum Gasteiger partial charge on any atom is 0.0541 e. The Morgan fingerprint density at radius 2 is 1.24 bits per heavy atom. The van der Waals surface area contributed by atoms with Crippen molar-refractivity contribution in [2.24, 2.45) is 0 Å². The molecule has 0 bridgehead atoms. The van der Waals surface area contributed by atoms with E-state index in [1.165, 1.54) is 71.6 Å². The summed E-state index contributed by atoms with van der Waals surface area (Å²) in [5.41, 5.74) is 11.4. The summed E-state index contributed by atoms with van der Waals surface area (Å²) < 4.78 is 2.42. The molecular weight excluding hydrogens is 448 g/mol. The number of aryl methyl sites for hydroxylation is 2. The molecule has 0 radical (unpaired) electrons. The van der Waals surface area contributed by atoms with Crippen molar-refractivity contribution in [1.82, 2.24) is 9.55 Å². The van der Waals surface area contributed by atoms with Gasteiger partial charge >= 0.3 is 0 Å². The third kappa shape index (κ3) is 3.55. The number of hydrogen-bond donors (Lipinski definition) is 1. The van der Waals surface area contributed by atoms with Gasteiger partial charge in [-0.05, 0) is 89.7 Å². The van der Waals surface area contributed by atoms with E-state index in [4.69, 9.17) is 0 Å². The number of nitrogens with one attached hydrogen (secondary N) is 1. The average Bonchev–Trinajstić information content (AvgIpc) is 3.48. The fourth-order valence-corrected chi connectivity index (χ4v) is 5.89. The summed E-state index contributed by atoms with van der Waals surface area (Å²) >= 11 is 0. The van der Waals surface area contributed by atoms with Crippen LogP contribution in [0.3, 0.4) is 0 Å². The zero-order valence-corrected chi connectivity index (χ0v) is 21.4. The summed E-state index contributed by atoms with van der Waals surface area (Å²) in [6.07, 6.45) is 3.33. The van der Waals surface area contributed by atoms with Crippen molar-refractivity contribution < 1.29 is 0 Å². The first-order chi connectivity index (χ1) is 18.2. The molecule has 180 valence electrons. The minimum absolute atomic E-state index is 1.05. The molecule has 0 saturated carbocycles. The third-order valence-electron chi connectivity index (χ3n) is 7.81. The number of aromatic nitrogens is 2. The van der Waals surface area contributed by atoms with E-state index in [-0.39, 0.29) is 0 Å². The maximum atomic E-state index is 3.53. The molecule has 2 aromatic heterocycles. The number of hydrogen-bond acceptors (Lipinski definition) is 0. The van der Waals surface area contributed by atoms with E-state index in [0.29, 0.717) is 0 Å². The van der Waals surface area contributed by atoms with Gasteiger partial charge in [-0.1, -0.05) is 68.8 Å². The first-order valence-electron chi connectivity index (χ1n) is 13.4. The highest BCUT2D eigenvalue weighted by Crippen LogP contribution is 2.35. The molecule has 7 rings (SSSR count). The van der Waals surface area contributed by atoms with Crippen molar-refractivity contribution in [1.29, 1.82) is 0 Å². The molecule has 2 heteroatoms. The quantitative estimate of drug-likeness (QED) is 0.254. The number of para-hydroxylation sites is 1. The van der Waals surface area contributed by atoms with Crippen LogP contribution >= 0.6 is 0 Å². The van der Waals surface area contributed by atoms with Crippen molar-refractivity contribution >= 4 is 43.6 Å². The van der Waals surface area contributed by atoms with Gasteiger partial charge in [0.05, 0.1) is 11.0 Å². The molecule has 0 atom stereocenters. The van der Waals surface area contributed by atoms with Crippen LogP contribution in [-0.2, 0) is 12.8 Å². The van der Waals surface area contributed by atoms with Crippen molar-refractivity contribution in [2.75, 3.05) is 0 Å². The second-order valence-electron chi connectivity index (χ2n) is 10.1. The lowest BCUT2D eigenvalue weighted by atomic mass is 10.0. The van der Waals surface area contributed by atoms with Gasteiger partial charge in [-0.3, -0.25) is 0 Å². The smallest absolute Gasteiger partial charge is 0.0541 e. The van der Waals surface area contributed by atoms with E-state index in [9.17, 15) is 0 Å². The van der Waals surface area contributed by atoms with E-state index < -0.39 is 0 Å². The molecule has 7 aromatic rings. The molecule has 0 unspecified atom stereocenters. The maximum absolute atomic E-state index is 3.53. The summed E-state index contributed by atoms with van der Waals surface area (Å²) in [5.74, 6) is 0. The minimum Gasteiger partial charge on any atom is -0.355 e. The molecule has 37 heavy (non-hydrogen) atoms. The summed E-state index contributed by atoms with van der Waals surface area (Å²) in [4.78, 5) is 3.53. The first-order valence-corrected chi connectivity index (χ1v) is 13.4. The molecule has 0 fully saturated rings. The molecule has 0 aliphatic rings. The summed E-state index contributed by atoms with van der Waals surface area (Å²) in [7, 11) is 0. The van der Waals surface area contributed by atoms with E-state index in [1.54, 1.807) is 0 Å². The van der Waals surface area contributed by atoms with Gasteiger partial charge in [0.1, 0.15) is 0 Å². The largest absolute Gasteiger partial charge is 0.355 e. The molecule has 0 aliphatic heterocycles. The summed E-state index contributed by atoms with van der Waals surface area (Å²) in [6, 6.07) is 38.3. The Morgan fingerprint density at radius 1 is 0.568 bits per heavy atom. The molecule has 0 amide bonds. The normalized spacial score (nSPS) is 11.8. The van der Waals surface area contributed by atoms with E-state index in [1.807, 2.05) is 0 Å². The summed E-state index contributed by atoms with van der Waals surface area (Å²) in [6.45, 7) is 4.48. The fourth-order valence-electron chi connectivity index (χ4n) is 5.89. The van der Waals surface area contributed by atoms with Crippen LogP contribution < -0.4 is 0 Å². The summed E-state index contributed by atoms with van der Waals surface area (Å²) in [5, 5.41) is 5.25. The monoisotopic (exact) mass is 478 g/mol. The Morgan fingerprint density at radius 3 is 2.00 bits per heavy atom. The lowest BCUT2D eigenvalue weighted by molar-refractivity contribution is 0.923. The van der Waals surface area contributed by atoms with Crippen molar-refractivity contribution in [2.45, 2.75) is 33.1 Å². The third-order valence-corrected chi connectivity index (χ3v) is 7.81. The molecular formula is C35H30N2. The Labute approximate surface area is 217 Å². The van der Waals surface area contributed by atoms with Crippen LogP contribution in [-0.4, -0.2) is 9.55 Å². The van der Waals surface area contributed by atoms with Crippen molar-refractivity contribution in [3.8, 4) is 16.8 Å². The van der Waals surface area contributed by atoms with E-state index >= 15 is 0 Å². The molecule has 1 N–H and O–H groups in total. The van der Waals surface area contributed by atoms with Gasteiger partial charge in [-0.2, -0.15) is 0 Å². The van der Waals surface area contributed by atoms with Crippen LogP contribution in [0.1, 0.15) is 31.4 Å². The van der Waals surface area contributed by atoms with Gasteiger partial charge in [0.2, 0.25) is 0 Å². The van der Waals surface area contributed by atoms with Crippen LogP contribution in [0.25, 0.3) is 60.4 Å². The fraction of sp³-hybridized carbons (Fsp3) is 0.143. The first kappa shape index (κ1) is 21.9.